The summed E-state index contributed by atoms with van der Waals surface area (Å²) in [6.07, 6.45) is 1.19. The number of hydrogen-bond donors (Lipinski definition) is 1. The molecule has 4 nitrogen and oxygen atoms in total. The Kier molecular flexibility index (Phi) is 3.87. The van der Waals surface area contributed by atoms with Crippen LogP contribution in [-0.4, -0.2) is 14.7 Å². The third-order valence-electron chi connectivity index (χ3n) is 2.72. The monoisotopic (exact) mass is 299 g/mol. The van der Waals surface area contributed by atoms with Crippen LogP contribution in [0.2, 0.25) is 5.22 Å². The first-order valence-electron chi connectivity index (χ1n) is 5.65. The number of aryl methyl sites for hydroxylation is 1. The maximum atomic E-state index is 11.5. The fourth-order valence-corrected chi connectivity index (χ4v) is 2.46. The molecule has 0 unspecified atom stereocenters. The molecule has 1 heterocycles. The highest BCUT2D eigenvalue weighted by molar-refractivity contribution is 7.90. The van der Waals surface area contributed by atoms with Gasteiger partial charge in [-0.25, -0.2) is 8.42 Å². The summed E-state index contributed by atoms with van der Waals surface area (Å²) in [5, 5.41) is 3.47. The van der Waals surface area contributed by atoms with Crippen LogP contribution in [0.4, 0.5) is 5.69 Å². The maximum Gasteiger partial charge on any atom is 0.193 e. The van der Waals surface area contributed by atoms with Crippen LogP contribution in [-0.2, 0) is 16.4 Å². The highest BCUT2D eigenvalue weighted by atomic mass is 35.5. The van der Waals surface area contributed by atoms with Gasteiger partial charge in [0.1, 0.15) is 5.76 Å². The SMILES string of the molecule is Cc1ccc(S(C)(=O)=O)cc1NCc1ccc(Cl)o1. The molecule has 0 aliphatic carbocycles. The zero-order chi connectivity index (χ0) is 14.0. The summed E-state index contributed by atoms with van der Waals surface area (Å²) < 4.78 is 28.2. The molecule has 1 N–H and O–H groups in total. The van der Waals surface area contributed by atoms with E-state index >= 15 is 0 Å². The van der Waals surface area contributed by atoms with Gasteiger partial charge in [0.05, 0.1) is 11.4 Å². The first-order valence-corrected chi connectivity index (χ1v) is 7.92. The molecule has 0 spiro atoms. The van der Waals surface area contributed by atoms with Crippen LogP contribution in [0.25, 0.3) is 0 Å². The summed E-state index contributed by atoms with van der Waals surface area (Å²) in [5.74, 6) is 0.689. The van der Waals surface area contributed by atoms with E-state index < -0.39 is 9.84 Å². The fourth-order valence-electron chi connectivity index (χ4n) is 1.65. The Morgan fingerprint density at radius 1 is 1.26 bits per heavy atom. The third-order valence-corrected chi connectivity index (χ3v) is 4.03. The molecule has 0 saturated carbocycles. The van der Waals surface area contributed by atoms with Crippen molar-refractivity contribution < 1.29 is 12.8 Å². The lowest BCUT2D eigenvalue weighted by Gasteiger charge is -2.10. The van der Waals surface area contributed by atoms with Crippen LogP contribution in [0.5, 0.6) is 0 Å². The molecule has 102 valence electrons. The van der Waals surface area contributed by atoms with Crippen molar-refractivity contribution in [2.45, 2.75) is 18.4 Å². The van der Waals surface area contributed by atoms with E-state index in [1.807, 2.05) is 6.92 Å². The van der Waals surface area contributed by atoms with Crippen LogP contribution < -0.4 is 5.32 Å². The van der Waals surface area contributed by atoms with E-state index in [0.717, 1.165) is 11.3 Å². The van der Waals surface area contributed by atoms with Crippen molar-refractivity contribution in [1.29, 1.82) is 0 Å². The van der Waals surface area contributed by atoms with Gasteiger partial charge in [0.2, 0.25) is 0 Å². The van der Waals surface area contributed by atoms with Gasteiger partial charge in [-0.2, -0.15) is 0 Å². The van der Waals surface area contributed by atoms with Crippen molar-refractivity contribution in [3.8, 4) is 0 Å². The van der Waals surface area contributed by atoms with E-state index in [0.29, 0.717) is 17.5 Å². The lowest BCUT2D eigenvalue weighted by atomic mass is 10.2. The predicted octanol–water partition coefficient (Wildman–Crippen LogP) is 3.26. The van der Waals surface area contributed by atoms with Crippen LogP contribution >= 0.6 is 11.6 Å². The molecular weight excluding hydrogens is 286 g/mol. The molecule has 0 aliphatic rings. The number of halogens is 1. The topological polar surface area (TPSA) is 59.3 Å². The molecule has 0 atom stereocenters. The molecule has 0 saturated heterocycles. The Bertz CT molecular complexity index is 692. The summed E-state index contributed by atoms with van der Waals surface area (Å²) in [6, 6.07) is 8.42. The van der Waals surface area contributed by atoms with Gasteiger partial charge in [-0.15, -0.1) is 0 Å². The van der Waals surface area contributed by atoms with Gasteiger partial charge in [-0.1, -0.05) is 6.07 Å². The van der Waals surface area contributed by atoms with E-state index in [2.05, 4.69) is 5.32 Å². The highest BCUT2D eigenvalue weighted by Gasteiger charge is 2.09. The fraction of sp³-hybridized carbons (Fsp3) is 0.231. The number of hydrogen-bond acceptors (Lipinski definition) is 4. The second kappa shape index (κ2) is 5.27. The Labute approximate surface area is 117 Å². The van der Waals surface area contributed by atoms with Crippen molar-refractivity contribution in [3.63, 3.8) is 0 Å². The molecule has 0 fully saturated rings. The average molecular weight is 300 g/mol. The average Bonchev–Trinajstić information content (AvgIpc) is 2.72. The Balaban J connectivity index is 2.20. The van der Waals surface area contributed by atoms with Crippen LogP contribution in [0.15, 0.2) is 39.6 Å². The minimum Gasteiger partial charge on any atom is -0.448 e. The molecule has 1 aromatic heterocycles. The number of rotatable bonds is 4. The molecular formula is C13H14ClNO3S. The molecule has 1 aromatic carbocycles. The van der Waals surface area contributed by atoms with Crippen molar-refractivity contribution in [2.75, 3.05) is 11.6 Å². The van der Waals surface area contributed by atoms with Crippen LogP contribution in [0.3, 0.4) is 0 Å². The Hall–Kier alpha value is -1.46. The second-order valence-electron chi connectivity index (χ2n) is 4.31. The number of sulfone groups is 1. The predicted molar refractivity (Wildman–Crippen MR) is 75.3 cm³/mol. The molecule has 0 bridgehead atoms. The molecule has 2 aromatic rings. The van der Waals surface area contributed by atoms with Gasteiger partial charge in [0.15, 0.2) is 15.1 Å². The standard InChI is InChI=1S/C13H14ClNO3S/c1-9-3-5-11(19(2,16)17)7-12(9)15-8-10-4-6-13(14)18-10/h3-7,15H,8H2,1-2H3. The molecule has 19 heavy (non-hydrogen) atoms. The lowest BCUT2D eigenvalue weighted by molar-refractivity contribution is 0.520. The second-order valence-corrected chi connectivity index (χ2v) is 6.70. The van der Waals surface area contributed by atoms with E-state index in [-0.39, 0.29) is 4.90 Å². The lowest BCUT2D eigenvalue weighted by Crippen LogP contribution is -2.03. The molecule has 0 aliphatic heterocycles. The molecule has 2 rings (SSSR count). The minimum absolute atomic E-state index is 0.290. The first-order chi connectivity index (χ1) is 8.86. The van der Waals surface area contributed by atoms with Crippen LogP contribution in [0.1, 0.15) is 11.3 Å². The number of furan rings is 1. The molecule has 6 heteroatoms. The zero-order valence-corrected chi connectivity index (χ0v) is 12.2. The van der Waals surface area contributed by atoms with Gasteiger partial charge >= 0.3 is 0 Å². The van der Waals surface area contributed by atoms with Gasteiger partial charge < -0.3 is 9.73 Å². The molecule has 0 amide bonds. The molecule has 0 radical (unpaired) electrons. The number of nitrogens with one attached hydrogen (secondary N) is 1. The van der Waals surface area contributed by atoms with Gasteiger partial charge in [-0.05, 0) is 48.4 Å². The van der Waals surface area contributed by atoms with Gasteiger partial charge in [0.25, 0.3) is 0 Å². The van der Waals surface area contributed by atoms with Crippen molar-refractivity contribution >= 4 is 27.1 Å². The third kappa shape index (κ3) is 3.52. The van der Waals surface area contributed by atoms with Crippen molar-refractivity contribution in [2.24, 2.45) is 0 Å². The first kappa shape index (κ1) is 14.0. The maximum absolute atomic E-state index is 11.5. The summed E-state index contributed by atoms with van der Waals surface area (Å²) >= 11 is 5.68. The smallest absolute Gasteiger partial charge is 0.193 e. The highest BCUT2D eigenvalue weighted by Crippen LogP contribution is 2.21. The van der Waals surface area contributed by atoms with E-state index in [1.54, 1.807) is 30.3 Å². The normalized spacial score (nSPS) is 11.5. The summed E-state index contributed by atoms with van der Waals surface area (Å²) in [5.41, 5.74) is 1.72. The summed E-state index contributed by atoms with van der Waals surface area (Å²) in [7, 11) is -3.21. The largest absolute Gasteiger partial charge is 0.448 e. The number of benzene rings is 1. The zero-order valence-electron chi connectivity index (χ0n) is 10.6. The van der Waals surface area contributed by atoms with E-state index in [1.165, 1.54) is 6.26 Å². The summed E-state index contributed by atoms with van der Waals surface area (Å²) in [6.45, 7) is 2.35. The van der Waals surface area contributed by atoms with Gasteiger partial charge in [-0.3, -0.25) is 0 Å². The van der Waals surface area contributed by atoms with Crippen LogP contribution in [0, 0.1) is 6.92 Å². The van der Waals surface area contributed by atoms with E-state index in [4.69, 9.17) is 16.0 Å². The Morgan fingerprint density at radius 3 is 2.58 bits per heavy atom. The minimum atomic E-state index is -3.21. The Morgan fingerprint density at radius 2 is 2.00 bits per heavy atom. The quantitative estimate of drug-likeness (QED) is 0.941. The number of anilines is 1. The van der Waals surface area contributed by atoms with Crippen molar-refractivity contribution in [1.82, 2.24) is 0 Å². The summed E-state index contributed by atoms with van der Waals surface area (Å²) in [4.78, 5) is 0.290. The van der Waals surface area contributed by atoms with E-state index in [9.17, 15) is 8.42 Å². The van der Waals surface area contributed by atoms with Gasteiger partial charge in [0, 0.05) is 11.9 Å². The van der Waals surface area contributed by atoms with Crippen molar-refractivity contribution in [3.05, 3.63) is 46.9 Å².